The lowest BCUT2D eigenvalue weighted by molar-refractivity contribution is 0.0586. The van der Waals surface area contributed by atoms with Crippen molar-refractivity contribution in [1.29, 1.82) is 0 Å². The summed E-state index contributed by atoms with van der Waals surface area (Å²) in [6, 6.07) is 0. The SMILES string of the molecule is CCc1c(C)nc(C(=O)OC)nc1N. The first-order valence-electron chi connectivity index (χ1n) is 4.31. The molecule has 0 unspecified atom stereocenters. The fourth-order valence-electron chi connectivity index (χ4n) is 1.24. The number of esters is 1. The van der Waals surface area contributed by atoms with Crippen molar-refractivity contribution < 1.29 is 9.53 Å². The Morgan fingerprint density at radius 1 is 1.50 bits per heavy atom. The summed E-state index contributed by atoms with van der Waals surface area (Å²) >= 11 is 0. The van der Waals surface area contributed by atoms with Gasteiger partial charge < -0.3 is 10.5 Å². The van der Waals surface area contributed by atoms with Crippen LogP contribution in [0.1, 0.15) is 28.8 Å². The van der Waals surface area contributed by atoms with Crippen molar-refractivity contribution in [3.05, 3.63) is 17.1 Å². The van der Waals surface area contributed by atoms with Gasteiger partial charge in [0.2, 0.25) is 5.82 Å². The Hall–Kier alpha value is -1.65. The van der Waals surface area contributed by atoms with Crippen molar-refractivity contribution in [2.75, 3.05) is 12.8 Å². The highest BCUT2D eigenvalue weighted by molar-refractivity contribution is 5.85. The number of nitrogens with zero attached hydrogens (tertiary/aromatic N) is 2. The molecule has 2 N–H and O–H groups in total. The maximum absolute atomic E-state index is 11.1. The standard InChI is InChI=1S/C9H13N3O2/c1-4-6-5(2)11-8(9(13)14-3)12-7(6)10/h4H2,1-3H3,(H2,10,11,12). The third kappa shape index (κ3) is 1.81. The zero-order valence-electron chi connectivity index (χ0n) is 8.50. The van der Waals surface area contributed by atoms with Crippen LogP contribution in [0, 0.1) is 6.92 Å². The Balaban J connectivity index is 3.20. The molecule has 1 aromatic rings. The lowest BCUT2D eigenvalue weighted by Gasteiger charge is -2.06. The van der Waals surface area contributed by atoms with Crippen LogP contribution in [0.2, 0.25) is 0 Å². The zero-order chi connectivity index (χ0) is 10.7. The molecule has 5 nitrogen and oxygen atoms in total. The molecule has 0 saturated heterocycles. The molecule has 1 aromatic heterocycles. The van der Waals surface area contributed by atoms with Gasteiger partial charge in [-0.15, -0.1) is 0 Å². The molecule has 0 saturated carbocycles. The summed E-state index contributed by atoms with van der Waals surface area (Å²) in [6.07, 6.45) is 0.749. The Kier molecular flexibility index (Phi) is 3.01. The molecule has 1 rings (SSSR count). The number of hydrogen-bond donors (Lipinski definition) is 1. The van der Waals surface area contributed by atoms with Crippen molar-refractivity contribution in [3.8, 4) is 0 Å². The second-order valence-corrected chi connectivity index (χ2v) is 2.84. The molecule has 0 amide bonds. The minimum atomic E-state index is -0.567. The van der Waals surface area contributed by atoms with Crippen molar-refractivity contribution in [3.63, 3.8) is 0 Å². The van der Waals surface area contributed by atoms with Gasteiger partial charge in [0, 0.05) is 11.3 Å². The van der Waals surface area contributed by atoms with E-state index >= 15 is 0 Å². The normalized spacial score (nSPS) is 9.93. The molecular weight excluding hydrogens is 182 g/mol. The molecule has 0 aliphatic heterocycles. The Bertz CT molecular complexity index is 340. The highest BCUT2D eigenvalue weighted by atomic mass is 16.5. The first-order valence-corrected chi connectivity index (χ1v) is 4.31. The first kappa shape index (κ1) is 10.4. The van der Waals surface area contributed by atoms with E-state index in [1.54, 1.807) is 6.92 Å². The third-order valence-corrected chi connectivity index (χ3v) is 1.97. The second kappa shape index (κ2) is 4.04. The maximum Gasteiger partial charge on any atom is 0.376 e. The van der Waals surface area contributed by atoms with Gasteiger partial charge in [-0.25, -0.2) is 14.8 Å². The van der Waals surface area contributed by atoms with Gasteiger partial charge in [-0.3, -0.25) is 0 Å². The second-order valence-electron chi connectivity index (χ2n) is 2.84. The lowest BCUT2D eigenvalue weighted by atomic mass is 10.2. The summed E-state index contributed by atoms with van der Waals surface area (Å²) < 4.78 is 4.50. The quantitative estimate of drug-likeness (QED) is 0.703. The molecule has 0 spiro atoms. The molecular formula is C9H13N3O2. The summed E-state index contributed by atoms with van der Waals surface area (Å²) in [4.78, 5) is 19.0. The molecule has 1 heterocycles. The highest BCUT2D eigenvalue weighted by Gasteiger charge is 2.13. The molecule has 5 heteroatoms. The highest BCUT2D eigenvalue weighted by Crippen LogP contribution is 2.13. The fourth-order valence-corrected chi connectivity index (χ4v) is 1.24. The van der Waals surface area contributed by atoms with Gasteiger partial charge in [-0.1, -0.05) is 6.92 Å². The number of nitrogen functional groups attached to an aromatic ring is 1. The van der Waals surface area contributed by atoms with Gasteiger partial charge in [0.1, 0.15) is 5.82 Å². The van der Waals surface area contributed by atoms with E-state index in [-0.39, 0.29) is 5.82 Å². The number of ether oxygens (including phenoxy) is 1. The van der Waals surface area contributed by atoms with E-state index in [1.807, 2.05) is 6.92 Å². The maximum atomic E-state index is 11.1. The van der Waals surface area contributed by atoms with Crippen LogP contribution in [0.4, 0.5) is 5.82 Å². The van der Waals surface area contributed by atoms with Gasteiger partial charge in [0.05, 0.1) is 7.11 Å². The van der Waals surface area contributed by atoms with Crippen LogP contribution >= 0.6 is 0 Å². The molecule has 0 fully saturated rings. The number of rotatable bonds is 2. The molecule has 14 heavy (non-hydrogen) atoms. The Labute approximate surface area is 82.3 Å². The topological polar surface area (TPSA) is 78.1 Å². The average Bonchev–Trinajstić information content (AvgIpc) is 2.16. The summed E-state index contributed by atoms with van der Waals surface area (Å²) in [5.41, 5.74) is 7.26. The number of carbonyl (C=O) groups is 1. The third-order valence-electron chi connectivity index (χ3n) is 1.97. The van der Waals surface area contributed by atoms with Crippen LogP contribution in [0.25, 0.3) is 0 Å². The van der Waals surface area contributed by atoms with Crippen LogP contribution in [0.15, 0.2) is 0 Å². The number of hydrogen-bond acceptors (Lipinski definition) is 5. The molecule has 0 bridgehead atoms. The van der Waals surface area contributed by atoms with Crippen LogP contribution in [-0.4, -0.2) is 23.0 Å². The van der Waals surface area contributed by atoms with E-state index in [4.69, 9.17) is 5.73 Å². The summed E-state index contributed by atoms with van der Waals surface area (Å²) in [7, 11) is 1.28. The van der Waals surface area contributed by atoms with Gasteiger partial charge >= 0.3 is 5.97 Å². The molecule has 76 valence electrons. The number of anilines is 1. The first-order chi connectivity index (χ1) is 6.60. The van der Waals surface area contributed by atoms with Crippen LogP contribution < -0.4 is 5.73 Å². The number of aromatic nitrogens is 2. The van der Waals surface area contributed by atoms with Crippen molar-refractivity contribution in [1.82, 2.24) is 9.97 Å². The minimum absolute atomic E-state index is 0.0136. The van der Waals surface area contributed by atoms with E-state index < -0.39 is 5.97 Å². The molecule has 0 aliphatic carbocycles. The van der Waals surface area contributed by atoms with Crippen molar-refractivity contribution in [2.45, 2.75) is 20.3 Å². The number of aryl methyl sites for hydroxylation is 1. The fraction of sp³-hybridized carbons (Fsp3) is 0.444. The minimum Gasteiger partial charge on any atom is -0.463 e. The summed E-state index contributed by atoms with van der Waals surface area (Å²) in [5, 5.41) is 0. The zero-order valence-corrected chi connectivity index (χ0v) is 8.50. The smallest absolute Gasteiger partial charge is 0.376 e. The molecule has 0 radical (unpaired) electrons. The van der Waals surface area contributed by atoms with Crippen LogP contribution in [0.5, 0.6) is 0 Å². The van der Waals surface area contributed by atoms with E-state index in [0.29, 0.717) is 5.82 Å². The predicted molar refractivity (Wildman–Crippen MR) is 51.9 cm³/mol. The van der Waals surface area contributed by atoms with E-state index in [9.17, 15) is 4.79 Å². The monoisotopic (exact) mass is 195 g/mol. The van der Waals surface area contributed by atoms with Gasteiger partial charge in [-0.2, -0.15) is 0 Å². The molecule has 0 atom stereocenters. The Morgan fingerprint density at radius 3 is 2.57 bits per heavy atom. The molecule has 0 aromatic carbocycles. The van der Waals surface area contributed by atoms with Gasteiger partial charge in [-0.05, 0) is 13.3 Å². The number of carbonyl (C=O) groups excluding carboxylic acids is 1. The average molecular weight is 195 g/mol. The van der Waals surface area contributed by atoms with Crippen molar-refractivity contribution in [2.24, 2.45) is 0 Å². The van der Waals surface area contributed by atoms with E-state index in [2.05, 4.69) is 14.7 Å². The van der Waals surface area contributed by atoms with Gasteiger partial charge in [0.15, 0.2) is 0 Å². The van der Waals surface area contributed by atoms with E-state index in [1.165, 1.54) is 7.11 Å². The summed E-state index contributed by atoms with van der Waals surface area (Å²) in [5.74, 6) is -0.206. The van der Waals surface area contributed by atoms with Crippen LogP contribution in [-0.2, 0) is 11.2 Å². The predicted octanol–water partition coefficient (Wildman–Crippen LogP) is 0.716. The van der Waals surface area contributed by atoms with E-state index in [0.717, 1.165) is 17.7 Å². The van der Waals surface area contributed by atoms with Crippen molar-refractivity contribution >= 4 is 11.8 Å². The Morgan fingerprint density at radius 2 is 2.14 bits per heavy atom. The van der Waals surface area contributed by atoms with Gasteiger partial charge in [0.25, 0.3) is 0 Å². The van der Waals surface area contributed by atoms with Crippen LogP contribution in [0.3, 0.4) is 0 Å². The largest absolute Gasteiger partial charge is 0.463 e. The number of methoxy groups -OCH3 is 1. The summed E-state index contributed by atoms with van der Waals surface area (Å²) in [6.45, 7) is 3.75. The number of nitrogens with two attached hydrogens (primary N) is 1. The molecule has 0 aliphatic rings. The lowest BCUT2D eigenvalue weighted by Crippen LogP contribution is -2.12.